The molecule has 2 aromatic rings. The van der Waals surface area contributed by atoms with Crippen LogP contribution in [0.5, 0.6) is 0 Å². The Kier molecular flexibility index (Phi) is 3.70. The van der Waals surface area contributed by atoms with Gasteiger partial charge in [-0.3, -0.25) is 9.78 Å². The minimum absolute atomic E-state index is 0.0472. The zero-order valence-corrected chi connectivity index (χ0v) is 12.9. The van der Waals surface area contributed by atoms with Gasteiger partial charge in [0.25, 0.3) is 5.91 Å². The fraction of sp³-hybridized carbons (Fsp3) is 0.438. The largest absolute Gasteiger partial charge is 0.337 e. The molecule has 0 radical (unpaired) electrons. The summed E-state index contributed by atoms with van der Waals surface area (Å²) in [7, 11) is 0. The molecule has 2 N–H and O–H groups in total. The molecule has 3 heterocycles. The van der Waals surface area contributed by atoms with Crippen molar-refractivity contribution in [3.05, 3.63) is 42.5 Å². The van der Waals surface area contributed by atoms with Crippen LogP contribution >= 0.6 is 0 Å². The summed E-state index contributed by atoms with van der Waals surface area (Å²) < 4.78 is 1.72. The van der Waals surface area contributed by atoms with Gasteiger partial charge in [-0.05, 0) is 30.0 Å². The molecule has 1 atom stereocenters. The molecule has 2 aromatic heterocycles. The molecule has 22 heavy (non-hydrogen) atoms. The van der Waals surface area contributed by atoms with Crippen LogP contribution in [0.1, 0.15) is 30.8 Å². The van der Waals surface area contributed by atoms with Gasteiger partial charge in [0.1, 0.15) is 5.69 Å². The monoisotopic (exact) mass is 299 g/mol. The first-order valence-electron chi connectivity index (χ1n) is 7.48. The molecule has 6 heteroatoms. The van der Waals surface area contributed by atoms with Crippen LogP contribution in [0, 0.1) is 5.41 Å². The Bertz CT molecular complexity index is 665. The van der Waals surface area contributed by atoms with Crippen molar-refractivity contribution >= 4 is 5.91 Å². The van der Waals surface area contributed by atoms with E-state index in [1.165, 1.54) is 0 Å². The molecule has 0 aliphatic carbocycles. The molecule has 3 rings (SSSR count). The van der Waals surface area contributed by atoms with E-state index in [0.29, 0.717) is 18.8 Å². The van der Waals surface area contributed by atoms with Crippen LogP contribution in [-0.4, -0.2) is 44.7 Å². The number of piperidine rings is 1. The second kappa shape index (κ2) is 5.53. The average Bonchev–Trinajstić information content (AvgIpc) is 3.04. The highest BCUT2D eigenvalue weighted by Crippen LogP contribution is 2.28. The number of carbonyl (C=O) groups excluding carboxylic acids is 1. The number of carbonyl (C=O) groups is 1. The second-order valence-electron chi connectivity index (χ2n) is 6.46. The molecular weight excluding hydrogens is 278 g/mol. The number of rotatable bonds is 2. The van der Waals surface area contributed by atoms with Crippen molar-refractivity contribution in [3.63, 3.8) is 0 Å². The molecule has 1 unspecified atom stereocenters. The minimum atomic E-state index is -0.0759. The Labute approximate surface area is 129 Å². The van der Waals surface area contributed by atoms with Crippen LogP contribution in [0.3, 0.4) is 0 Å². The lowest BCUT2D eigenvalue weighted by molar-refractivity contribution is 0.0527. The van der Waals surface area contributed by atoms with E-state index >= 15 is 0 Å². The van der Waals surface area contributed by atoms with E-state index in [4.69, 9.17) is 5.73 Å². The average molecular weight is 299 g/mol. The van der Waals surface area contributed by atoms with Gasteiger partial charge in [-0.2, -0.15) is 5.10 Å². The Morgan fingerprint density at radius 2 is 2.23 bits per heavy atom. The van der Waals surface area contributed by atoms with Gasteiger partial charge in [0.15, 0.2) is 0 Å². The zero-order chi connectivity index (χ0) is 15.7. The molecule has 1 aliphatic heterocycles. The van der Waals surface area contributed by atoms with Gasteiger partial charge in [0.2, 0.25) is 0 Å². The van der Waals surface area contributed by atoms with Gasteiger partial charge in [-0.1, -0.05) is 13.8 Å². The highest BCUT2D eigenvalue weighted by Gasteiger charge is 2.35. The number of hydrogen-bond acceptors (Lipinski definition) is 4. The highest BCUT2D eigenvalue weighted by molar-refractivity contribution is 5.92. The van der Waals surface area contributed by atoms with E-state index in [-0.39, 0.29) is 17.4 Å². The number of likely N-dealkylation sites (tertiary alicyclic amines) is 1. The predicted molar refractivity (Wildman–Crippen MR) is 83.6 cm³/mol. The van der Waals surface area contributed by atoms with Crippen LogP contribution in [0.4, 0.5) is 0 Å². The van der Waals surface area contributed by atoms with Crippen molar-refractivity contribution in [2.75, 3.05) is 13.1 Å². The normalized spacial score (nSPS) is 20.9. The van der Waals surface area contributed by atoms with E-state index in [1.807, 2.05) is 23.2 Å². The van der Waals surface area contributed by atoms with E-state index in [0.717, 1.165) is 12.1 Å². The predicted octanol–water partition coefficient (Wildman–Crippen LogP) is 1.47. The first kappa shape index (κ1) is 14.7. The van der Waals surface area contributed by atoms with Crippen molar-refractivity contribution in [2.24, 2.45) is 11.1 Å². The molecule has 0 spiro atoms. The molecule has 116 valence electrons. The lowest BCUT2D eigenvalue weighted by Crippen LogP contribution is -2.54. The number of hydrogen-bond donors (Lipinski definition) is 1. The fourth-order valence-electron chi connectivity index (χ4n) is 2.81. The van der Waals surface area contributed by atoms with Gasteiger partial charge in [0, 0.05) is 37.7 Å². The molecule has 1 amide bonds. The van der Waals surface area contributed by atoms with Gasteiger partial charge in [-0.25, -0.2) is 4.68 Å². The summed E-state index contributed by atoms with van der Waals surface area (Å²) in [6.45, 7) is 5.53. The summed E-state index contributed by atoms with van der Waals surface area (Å²) in [5.41, 5.74) is 7.33. The van der Waals surface area contributed by atoms with Crippen molar-refractivity contribution in [2.45, 2.75) is 26.3 Å². The lowest BCUT2D eigenvalue weighted by Gasteiger charge is -2.42. The molecule has 6 nitrogen and oxygen atoms in total. The summed E-state index contributed by atoms with van der Waals surface area (Å²) in [4.78, 5) is 18.8. The third-order valence-corrected chi connectivity index (χ3v) is 4.33. The molecule has 0 bridgehead atoms. The maximum atomic E-state index is 12.7. The maximum absolute atomic E-state index is 12.7. The number of nitrogens with zero attached hydrogens (tertiary/aromatic N) is 4. The zero-order valence-electron chi connectivity index (χ0n) is 12.9. The molecular formula is C16H21N5O. The van der Waals surface area contributed by atoms with Crippen LogP contribution in [0.2, 0.25) is 0 Å². The van der Waals surface area contributed by atoms with Gasteiger partial charge >= 0.3 is 0 Å². The summed E-state index contributed by atoms with van der Waals surface area (Å²) in [6.07, 6.45) is 6.01. The Morgan fingerprint density at radius 3 is 2.91 bits per heavy atom. The summed E-state index contributed by atoms with van der Waals surface area (Å²) >= 11 is 0. The molecule has 0 saturated carbocycles. The summed E-state index contributed by atoms with van der Waals surface area (Å²) in [5, 5.41) is 4.18. The van der Waals surface area contributed by atoms with Crippen LogP contribution in [0.25, 0.3) is 5.69 Å². The standard InChI is InChI=1S/C16H21N5O/c1-16(2)11-20(9-5-14(16)17)15(22)13-10-12(4-7-18-13)21-8-3-6-19-21/h3-4,6-8,10,14H,5,9,11,17H2,1-2H3. The lowest BCUT2D eigenvalue weighted by atomic mass is 9.79. The minimum Gasteiger partial charge on any atom is -0.337 e. The SMILES string of the molecule is CC1(C)CN(C(=O)c2cc(-n3cccn3)ccn2)CCC1N. The first-order valence-corrected chi connectivity index (χ1v) is 7.48. The number of pyridine rings is 1. The van der Waals surface area contributed by atoms with Gasteiger partial charge in [-0.15, -0.1) is 0 Å². The molecule has 1 saturated heterocycles. The topological polar surface area (TPSA) is 77.0 Å². The van der Waals surface area contributed by atoms with Gasteiger partial charge < -0.3 is 10.6 Å². The second-order valence-corrected chi connectivity index (χ2v) is 6.46. The van der Waals surface area contributed by atoms with E-state index in [2.05, 4.69) is 23.9 Å². The van der Waals surface area contributed by atoms with Crippen LogP contribution < -0.4 is 5.73 Å². The smallest absolute Gasteiger partial charge is 0.272 e. The molecule has 0 aromatic carbocycles. The number of aromatic nitrogens is 3. The summed E-state index contributed by atoms with van der Waals surface area (Å²) in [5.74, 6) is -0.0472. The third kappa shape index (κ3) is 2.74. The third-order valence-electron chi connectivity index (χ3n) is 4.33. The Balaban J connectivity index is 1.82. The van der Waals surface area contributed by atoms with Crippen LogP contribution in [0.15, 0.2) is 36.8 Å². The number of nitrogens with two attached hydrogens (primary N) is 1. The van der Waals surface area contributed by atoms with Gasteiger partial charge in [0.05, 0.1) is 5.69 Å². The highest BCUT2D eigenvalue weighted by atomic mass is 16.2. The molecule has 1 aliphatic rings. The van der Waals surface area contributed by atoms with Crippen molar-refractivity contribution < 1.29 is 4.79 Å². The first-order chi connectivity index (χ1) is 10.5. The van der Waals surface area contributed by atoms with Crippen LogP contribution in [-0.2, 0) is 0 Å². The number of amides is 1. The van der Waals surface area contributed by atoms with Crippen molar-refractivity contribution in [1.29, 1.82) is 0 Å². The van der Waals surface area contributed by atoms with Crippen molar-refractivity contribution in [3.8, 4) is 5.69 Å². The van der Waals surface area contributed by atoms with E-state index in [1.54, 1.807) is 23.1 Å². The Hall–Kier alpha value is -2.21. The van der Waals surface area contributed by atoms with E-state index in [9.17, 15) is 4.79 Å². The van der Waals surface area contributed by atoms with Crippen molar-refractivity contribution in [1.82, 2.24) is 19.7 Å². The fourth-order valence-corrected chi connectivity index (χ4v) is 2.81. The Morgan fingerprint density at radius 1 is 1.41 bits per heavy atom. The van der Waals surface area contributed by atoms with E-state index < -0.39 is 0 Å². The maximum Gasteiger partial charge on any atom is 0.272 e. The molecule has 1 fully saturated rings. The quantitative estimate of drug-likeness (QED) is 0.911. The summed E-state index contributed by atoms with van der Waals surface area (Å²) in [6, 6.07) is 5.58.